The van der Waals surface area contributed by atoms with Crippen LogP contribution in [0.15, 0.2) is 40.9 Å². The van der Waals surface area contributed by atoms with Gasteiger partial charge in [-0.1, -0.05) is 6.07 Å². The molecule has 2 aromatic carbocycles. The van der Waals surface area contributed by atoms with E-state index in [1.165, 1.54) is 18.2 Å². The zero-order valence-electron chi connectivity index (χ0n) is 10.6. The summed E-state index contributed by atoms with van der Waals surface area (Å²) in [6, 6.07) is 9.76. The highest BCUT2D eigenvalue weighted by molar-refractivity contribution is 9.10. The molecule has 0 fully saturated rings. The lowest BCUT2D eigenvalue weighted by atomic mass is 10.1. The molecule has 1 aliphatic rings. The number of nitrogen functional groups attached to an aromatic ring is 1. The van der Waals surface area contributed by atoms with Crippen molar-refractivity contribution in [2.75, 3.05) is 5.73 Å². The Hall–Kier alpha value is -1.88. The molecule has 0 aliphatic carbocycles. The van der Waals surface area contributed by atoms with E-state index in [1.807, 2.05) is 18.2 Å². The normalized spacial score (nSPS) is 13.4. The molecule has 102 valence electrons. The number of carbonyl (C=O) groups excluding carboxylic acids is 1. The van der Waals surface area contributed by atoms with Crippen molar-refractivity contribution in [3.8, 4) is 0 Å². The van der Waals surface area contributed by atoms with Crippen LogP contribution in [-0.2, 0) is 13.1 Å². The zero-order valence-corrected chi connectivity index (χ0v) is 12.2. The van der Waals surface area contributed by atoms with E-state index in [4.69, 9.17) is 5.73 Å². The van der Waals surface area contributed by atoms with Crippen LogP contribution in [0.3, 0.4) is 0 Å². The number of benzene rings is 2. The van der Waals surface area contributed by atoms with Crippen LogP contribution >= 0.6 is 15.9 Å². The molecular weight excluding hydrogens is 323 g/mol. The Morgan fingerprint density at radius 1 is 1.15 bits per heavy atom. The summed E-state index contributed by atoms with van der Waals surface area (Å²) in [6.07, 6.45) is 0. The molecule has 0 saturated heterocycles. The SMILES string of the molecule is Nc1ccc2c(c1)CN(C(=O)c1ccc(F)cc1Br)C2. The van der Waals surface area contributed by atoms with E-state index in [0.717, 1.165) is 11.1 Å². The monoisotopic (exact) mass is 334 g/mol. The lowest BCUT2D eigenvalue weighted by molar-refractivity contribution is 0.0750. The Kier molecular flexibility index (Phi) is 3.22. The maximum atomic E-state index is 13.1. The molecule has 3 rings (SSSR count). The van der Waals surface area contributed by atoms with Gasteiger partial charge in [0.2, 0.25) is 0 Å². The zero-order chi connectivity index (χ0) is 14.3. The van der Waals surface area contributed by atoms with Gasteiger partial charge in [0.25, 0.3) is 5.91 Å². The fourth-order valence-corrected chi connectivity index (χ4v) is 2.91. The summed E-state index contributed by atoms with van der Waals surface area (Å²) in [7, 11) is 0. The Morgan fingerprint density at radius 3 is 2.65 bits per heavy atom. The summed E-state index contributed by atoms with van der Waals surface area (Å²) in [4.78, 5) is 14.2. The molecule has 0 spiro atoms. The van der Waals surface area contributed by atoms with Gasteiger partial charge in [0.05, 0.1) is 5.56 Å². The summed E-state index contributed by atoms with van der Waals surface area (Å²) >= 11 is 3.23. The number of rotatable bonds is 1. The van der Waals surface area contributed by atoms with Crippen molar-refractivity contribution in [1.82, 2.24) is 4.90 Å². The highest BCUT2D eigenvalue weighted by atomic mass is 79.9. The highest BCUT2D eigenvalue weighted by Gasteiger charge is 2.25. The maximum absolute atomic E-state index is 13.1. The van der Waals surface area contributed by atoms with Crippen molar-refractivity contribution in [3.63, 3.8) is 0 Å². The molecule has 2 N–H and O–H groups in total. The van der Waals surface area contributed by atoms with Crippen molar-refractivity contribution in [2.45, 2.75) is 13.1 Å². The third kappa shape index (κ3) is 2.29. The van der Waals surface area contributed by atoms with Crippen molar-refractivity contribution in [3.05, 3.63) is 63.4 Å². The van der Waals surface area contributed by atoms with Gasteiger partial charge < -0.3 is 10.6 Å². The van der Waals surface area contributed by atoms with Gasteiger partial charge in [0.1, 0.15) is 5.82 Å². The summed E-state index contributed by atoms with van der Waals surface area (Å²) in [5.41, 5.74) is 9.08. The number of hydrogen-bond acceptors (Lipinski definition) is 2. The summed E-state index contributed by atoms with van der Waals surface area (Å²) in [6.45, 7) is 1.08. The van der Waals surface area contributed by atoms with Gasteiger partial charge in [0, 0.05) is 23.2 Å². The fraction of sp³-hybridized carbons (Fsp3) is 0.133. The smallest absolute Gasteiger partial charge is 0.255 e. The molecule has 0 unspecified atom stereocenters. The summed E-state index contributed by atoms with van der Waals surface area (Å²) in [5, 5.41) is 0. The first-order chi connectivity index (χ1) is 9.54. The number of halogens is 2. The van der Waals surface area contributed by atoms with Gasteiger partial charge in [-0.25, -0.2) is 4.39 Å². The van der Waals surface area contributed by atoms with Crippen molar-refractivity contribution < 1.29 is 9.18 Å². The minimum Gasteiger partial charge on any atom is -0.399 e. The molecule has 2 aromatic rings. The second-order valence-corrected chi connectivity index (χ2v) is 5.67. The molecular formula is C15H12BrFN2O. The van der Waals surface area contributed by atoms with E-state index in [-0.39, 0.29) is 11.7 Å². The Balaban J connectivity index is 1.87. The van der Waals surface area contributed by atoms with Crippen LogP contribution in [0.1, 0.15) is 21.5 Å². The molecule has 1 aliphatic heterocycles. The first-order valence-corrected chi connectivity index (χ1v) is 6.95. The molecule has 0 atom stereocenters. The van der Waals surface area contributed by atoms with Gasteiger partial charge in [-0.2, -0.15) is 0 Å². The highest BCUT2D eigenvalue weighted by Crippen LogP contribution is 2.28. The number of hydrogen-bond donors (Lipinski definition) is 1. The lowest BCUT2D eigenvalue weighted by Gasteiger charge is -2.16. The first-order valence-electron chi connectivity index (χ1n) is 6.16. The number of nitrogens with two attached hydrogens (primary N) is 1. The average Bonchev–Trinajstić information content (AvgIpc) is 2.81. The Bertz CT molecular complexity index is 702. The van der Waals surface area contributed by atoms with Crippen LogP contribution in [0.2, 0.25) is 0 Å². The van der Waals surface area contributed by atoms with Crippen LogP contribution in [0.25, 0.3) is 0 Å². The van der Waals surface area contributed by atoms with Crippen molar-refractivity contribution in [2.24, 2.45) is 0 Å². The van der Waals surface area contributed by atoms with Crippen LogP contribution < -0.4 is 5.73 Å². The first kappa shape index (κ1) is 13.1. The second kappa shape index (κ2) is 4.90. The fourth-order valence-electron chi connectivity index (χ4n) is 2.39. The van der Waals surface area contributed by atoms with E-state index in [2.05, 4.69) is 15.9 Å². The molecule has 20 heavy (non-hydrogen) atoms. The largest absolute Gasteiger partial charge is 0.399 e. The van der Waals surface area contributed by atoms with Gasteiger partial charge in [-0.15, -0.1) is 0 Å². The number of anilines is 1. The number of nitrogens with zero attached hydrogens (tertiary/aromatic N) is 1. The summed E-state index contributed by atoms with van der Waals surface area (Å²) < 4.78 is 13.5. The molecule has 3 nitrogen and oxygen atoms in total. The average molecular weight is 335 g/mol. The van der Waals surface area contributed by atoms with Crippen molar-refractivity contribution in [1.29, 1.82) is 0 Å². The molecule has 5 heteroatoms. The molecule has 0 radical (unpaired) electrons. The van der Waals surface area contributed by atoms with Gasteiger partial charge in [0.15, 0.2) is 0 Å². The second-order valence-electron chi connectivity index (χ2n) is 4.81. The molecule has 0 saturated carbocycles. The summed E-state index contributed by atoms with van der Waals surface area (Å²) in [5.74, 6) is -0.488. The topological polar surface area (TPSA) is 46.3 Å². The number of amides is 1. The van der Waals surface area contributed by atoms with Gasteiger partial charge in [-0.05, 0) is 57.4 Å². The number of fused-ring (bicyclic) bond motifs is 1. The predicted octanol–water partition coefficient (Wildman–Crippen LogP) is 3.33. The number of carbonyl (C=O) groups is 1. The van der Waals surface area contributed by atoms with E-state index in [1.54, 1.807) is 4.90 Å². The van der Waals surface area contributed by atoms with Crippen LogP contribution in [-0.4, -0.2) is 10.8 Å². The van der Waals surface area contributed by atoms with Crippen LogP contribution in [0.5, 0.6) is 0 Å². The molecule has 1 amide bonds. The van der Waals surface area contributed by atoms with Crippen LogP contribution in [0, 0.1) is 5.82 Å². The van der Waals surface area contributed by atoms with Gasteiger partial charge >= 0.3 is 0 Å². The van der Waals surface area contributed by atoms with Crippen molar-refractivity contribution >= 4 is 27.5 Å². The predicted molar refractivity (Wildman–Crippen MR) is 78.5 cm³/mol. The maximum Gasteiger partial charge on any atom is 0.255 e. The van der Waals surface area contributed by atoms with Gasteiger partial charge in [-0.3, -0.25) is 4.79 Å². The van der Waals surface area contributed by atoms with E-state index >= 15 is 0 Å². The molecule has 1 heterocycles. The van der Waals surface area contributed by atoms with E-state index in [9.17, 15) is 9.18 Å². The van der Waals surface area contributed by atoms with E-state index < -0.39 is 0 Å². The Labute approximate surface area is 124 Å². The molecule has 0 aromatic heterocycles. The molecule has 0 bridgehead atoms. The van der Waals surface area contributed by atoms with E-state index in [0.29, 0.717) is 28.8 Å². The standard InChI is InChI=1S/C15H12BrFN2O/c16-14-6-11(17)2-4-13(14)15(20)19-7-9-1-3-12(18)5-10(9)8-19/h1-6H,7-8,18H2. The minimum absolute atomic E-state index is 0.119. The third-order valence-electron chi connectivity index (χ3n) is 3.40. The Morgan fingerprint density at radius 2 is 1.90 bits per heavy atom. The van der Waals surface area contributed by atoms with Crippen LogP contribution in [0.4, 0.5) is 10.1 Å². The minimum atomic E-state index is -0.370. The quantitative estimate of drug-likeness (QED) is 0.813. The third-order valence-corrected chi connectivity index (χ3v) is 4.06. The lowest BCUT2D eigenvalue weighted by Crippen LogP contribution is -2.25.